The molecular formula is C10H20ClNO. The zero-order chi connectivity index (χ0) is 9.94. The van der Waals surface area contributed by atoms with E-state index in [9.17, 15) is 0 Å². The Labute approximate surface area is 86.3 Å². The largest absolute Gasteiger partial charge is 0.380 e. The first kappa shape index (κ1) is 12.9. The molecule has 0 aliphatic heterocycles. The van der Waals surface area contributed by atoms with Crippen molar-refractivity contribution in [2.75, 3.05) is 26.3 Å². The molecule has 0 aromatic rings. The van der Waals surface area contributed by atoms with Gasteiger partial charge in [-0.1, -0.05) is 31.5 Å². The predicted octanol–water partition coefficient (Wildman–Crippen LogP) is 2.39. The van der Waals surface area contributed by atoms with Crippen molar-refractivity contribution in [2.45, 2.75) is 20.3 Å². The Morgan fingerprint density at radius 2 is 2.15 bits per heavy atom. The Morgan fingerprint density at radius 3 is 2.77 bits per heavy atom. The molecule has 2 nitrogen and oxygen atoms in total. The molecule has 1 N–H and O–H groups in total. The maximum atomic E-state index is 5.41. The molecule has 0 aliphatic rings. The van der Waals surface area contributed by atoms with Gasteiger partial charge < -0.3 is 10.1 Å². The maximum absolute atomic E-state index is 5.41. The molecule has 3 heteroatoms. The number of hydrogen-bond donors (Lipinski definition) is 1. The molecule has 0 aliphatic carbocycles. The van der Waals surface area contributed by atoms with Crippen molar-refractivity contribution in [1.82, 2.24) is 5.32 Å². The van der Waals surface area contributed by atoms with E-state index in [4.69, 9.17) is 16.3 Å². The second-order valence-electron chi connectivity index (χ2n) is 3.36. The molecule has 0 rings (SSSR count). The van der Waals surface area contributed by atoms with Crippen molar-refractivity contribution in [3.8, 4) is 0 Å². The molecule has 0 fully saturated rings. The van der Waals surface area contributed by atoms with Gasteiger partial charge in [0, 0.05) is 25.2 Å². The van der Waals surface area contributed by atoms with Crippen molar-refractivity contribution in [2.24, 2.45) is 5.92 Å². The van der Waals surface area contributed by atoms with Crippen molar-refractivity contribution < 1.29 is 4.74 Å². The van der Waals surface area contributed by atoms with E-state index in [-0.39, 0.29) is 0 Å². The van der Waals surface area contributed by atoms with Crippen LogP contribution in [0.3, 0.4) is 0 Å². The normalized spacial score (nSPS) is 11.7. The van der Waals surface area contributed by atoms with Crippen molar-refractivity contribution in [1.29, 1.82) is 0 Å². The number of nitrogens with one attached hydrogen (secondary N) is 1. The van der Waals surface area contributed by atoms with Gasteiger partial charge in [0.05, 0.1) is 6.61 Å². The highest BCUT2D eigenvalue weighted by Gasteiger charge is 1.92. The zero-order valence-electron chi connectivity index (χ0n) is 8.55. The van der Waals surface area contributed by atoms with Gasteiger partial charge in [-0.05, 0) is 12.3 Å². The maximum Gasteiger partial charge on any atom is 0.0591 e. The summed E-state index contributed by atoms with van der Waals surface area (Å²) in [7, 11) is 0. The first-order valence-corrected chi connectivity index (χ1v) is 5.24. The molecule has 0 bridgehead atoms. The summed E-state index contributed by atoms with van der Waals surface area (Å²) in [6.45, 7) is 7.75. The molecule has 0 atom stereocenters. The fraction of sp³-hybridized carbons (Fsp3) is 0.800. The lowest BCUT2D eigenvalue weighted by Crippen LogP contribution is -2.20. The zero-order valence-corrected chi connectivity index (χ0v) is 9.31. The smallest absolute Gasteiger partial charge is 0.0591 e. The van der Waals surface area contributed by atoms with Crippen LogP contribution in [0.15, 0.2) is 11.6 Å². The molecule has 0 radical (unpaired) electrons. The first-order chi connectivity index (χ1) is 6.27. The SMILES string of the molecule is CC(C)CCOCCNC/C=C/Cl. The lowest BCUT2D eigenvalue weighted by molar-refractivity contribution is 0.126. The van der Waals surface area contributed by atoms with Crippen LogP contribution in [0.4, 0.5) is 0 Å². The van der Waals surface area contributed by atoms with Crippen LogP contribution < -0.4 is 5.32 Å². The van der Waals surface area contributed by atoms with Crippen LogP contribution in [0, 0.1) is 5.92 Å². The van der Waals surface area contributed by atoms with Gasteiger partial charge in [0.2, 0.25) is 0 Å². The van der Waals surface area contributed by atoms with Crippen LogP contribution in [0.1, 0.15) is 20.3 Å². The Bertz CT molecular complexity index is 126. The number of hydrogen-bond acceptors (Lipinski definition) is 2. The molecule has 0 saturated carbocycles. The van der Waals surface area contributed by atoms with Gasteiger partial charge in [-0.2, -0.15) is 0 Å². The Kier molecular flexibility index (Phi) is 10.00. The summed E-state index contributed by atoms with van der Waals surface area (Å²) in [5.41, 5.74) is 1.52. The number of halogens is 1. The second-order valence-corrected chi connectivity index (χ2v) is 3.61. The van der Waals surface area contributed by atoms with Gasteiger partial charge in [-0.25, -0.2) is 0 Å². The summed E-state index contributed by atoms with van der Waals surface area (Å²) < 4.78 is 5.41. The average Bonchev–Trinajstić information content (AvgIpc) is 2.09. The molecule has 0 spiro atoms. The first-order valence-electron chi connectivity index (χ1n) is 4.81. The molecule has 0 heterocycles. The molecule has 13 heavy (non-hydrogen) atoms. The quantitative estimate of drug-likeness (QED) is 0.615. The van der Waals surface area contributed by atoms with E-state index in [1.807, 2.05) is 6.08 Å². The van der Waals surface area contributed by atoms with Gasteiger partial charge >= 0.3 is 0 Å². The topological polar surface area (TPSA) is 21.3 Å². The van der Waals surface area contributed by atoms with Crippen molar-refractivity contribution in [3.05, 3.63) is 11.6 Å². The summed E-state index contributed by atoms with van der Waals surface area (Å²) >= 11 is 5.35. The van der Waals surface area contributed by atoms with Gasteiger partial charge in [0.25, 0.3) is 0 Å². The summed E-state index contributed by atoms with van der Waals surface area (Å²) in [4.78, 5) is 0. The third kappa shape index (κ3) is 12.0. The molecule has 0 aromatic heterocycles. The van der Waals surface area contributed by atoms with Gasteiger partial charge in [-0.3, -0.25) is 0 Å². The van der Waals surface area contributed by atoms with E-state index in [1.54, 1.807) is 0 Å². The fourth-order valence-electron chi connectivity index (χ4n) is 0.795. The van der Waals surface area contributed by atoms with Crippen LogP contribution in [0.2, 0.25) is 0 Å². The predicted molar refractivity (Wildman–Crippen MR) is 58.1 cm³/mol. The van der Waals surface area contributed by atoms with Crippen molar-refractivity contribution >= 4 is 11.6 Å². The Morgan fingerprint density at radius 1 is 1.38 bits per heavy atom. The van der Waals surface area contributed by atoms with Gasteiger partial charge in [0.1, 0.15) is 0 Å². The highest BCUT2D eigenvalue weighted by Crippen LogP contribution is 1.97. The average molecular weight is 206 g/mol. The van der Waals surface area contributed by atoms with E-state index in [2.05, 4.69) is 19.2 Å². The standard InChI is InChI=1S/C10H20ClNO/c1-10(2)4-8-13-9-7-12-6-3-5-11/h3,5,10,12H,4,6-9H2,1-2H3/b5-3+. The van der Waals surface area contributed by atoms with Crippen LogP contribution in [-0.4, -0.2) is 26.3 Å². The monoisotopic (exact) mass is 205 g/mol. The molecule has 0 amide bonds. The van der Waals surface area contributed by atoms with Crippen LogP contribution in [0.25, 0.3) is 0 Å². The van der Waals surface area contributed by atoms with E-state index in [0.29, 0.717) is 0 Å². The number of rotatable bonds is 8. The Hall–Kier alpha value is -0.0500. The molecule has 78 valence electrons. The third-order valence-electron chi connectivity index (χ3n) is 1.61. The molecular weight excluding hydrogens is 186 g/mol. The molecule has 0 saturated heterocycles. The van der Waals surface area contributed by atoms with E-state index < -0.39 is 0 Å². The van der Waals surface area contributed by atoms with Crippen molar-refractivity contribution in [3.63, 3.8) is 0 Å². The molecule has 0 unspecified atom stereocenters. The van der Waals surface area contributed by atoms with Crippen LogP contribution in [0.5, 0.6) is 0 Å². The summed E-state index contributed by atoms with van der Waals surface area (Å²) in [5.74, 6) is 0.729. The van der Waals surface area contributed by atoms with Gasteiger partial charge in [0.15, 0.2) is 0 Å². The highest BCUT2D eigenvalue weighted by molar-refractivity contribution is 6.25. The summed E-state index contributed by atoms with van der Waals surface area (Å²) in [6, 6.07) is 0. The third-order valence-corrected chi connectivity index (χ3v) is 1.79. The van der Waals surface area contributed by atoms with E-state index in [1.165, 1.54) is 5.54 Å². The Balaban J connectivity index is 2.91. The van der Waals surface area contributed by atoms with Gasteiger partial charge in [-0.15, -0.1) is 0 Å². The molecule has 0 aromatic carbocycles. The lowest BCUT2D eigenvalue weighted by Gasteiger charge is -2.06. The highest BCUT2D eigenvalue weighted by atomic mass is 35.5. The fourth-order valence-corrected chi connectivity index (χ4v) is 0.884. The minimum absolute atomic E-state index is 0.729. The van der Waals surface area contributed by atoms with Crippen LogP contribution in [-0.2, 0) is 4.74 Å². The second kappa shape index (κ2) is 10.0. The minimum Gasteiger partial charge on any atom is -0.380 e. The lowest BCUT2D eigenvalue weighted by atomic mass is 10.1. The summed E-state index contributed by atoms with van der Waals surface area (Å²) in [5, 5.41) is 3.18. The van der Waals surface area contributed by atoms with Crippen LogP contribution >= 0.6 is 11.6 Å². The van der Waals surface area contributed by atoms with E-state index in [0.717, 1.165) is 38.6 Å². The minimum atomic E-state index is 0.729. The number of ether oxygens (including phenoxy) is 1. The summed E-state index contributed by atoms with van der Waals surface area (Å²) in [6.07, 6.45) is 3.01. The van der Waals surface area contributed by atoms with E-state index >= 15 is 0 Å².